The summed E-state index contributed by atoms with van der Waals surface area (Å²) in [5, 5.41) is 2.60. The topological polar surface area (TPSA) is 38.3 Å². The highest BCUT2D eigenvalue weighted by Crippen LogP contribution is 2.23. The van der Waals surface area contributed by atoms with Crippen molar-refractivity contribution in [3.05, 3.63) is 29.8 Å². The molecule has 0 spiro atoms. The standard InChI is InChI=1S/C14H18F3NO2/c15-14(16,17)20-13-8-6-12(7-9-13)5-3-1-2-4-10-18-11-19/h6-9,11H,1-5,10H2,(H,18,19). The highest BCUT2D eigenvalue weighted by Gasteiger charge is 2.30. The van der Waals surface area contributed by atoms with Crippen LogP contribution in [-0.2, 0) is 11.2 Å². The van der Waals surface area contributed by atoms with Gasteiger partial charge in [0.25, 0.3) is 0 Å². The third kappa shape index (κ3) is 7.66. The van der Waals surface area contributed by atoms with Gasteiger partial charge in [-0.2, -0.15) is 0 Å². The summed E-state index contributed by atoms with van der Waals surface area (Å²) in [7, 11) is 0. The van der Waals surface area contributed by atoms with E-state index in [9.17, 15) is 18.0 Å². The molecule has 1 aromatic carbocycles. The maximum absolute atomic E-state index is 12.0. The van der Waals surface area contributed by atoms with Crippen LogP contribution in [0.2, 0.25) is 0 Å². The minimum absolute atomic E-state index is 0.193. The van der Waals surface area contributed by atoms with Crippen molar-refractivity contribution in [2.75, 3.05) is 6.54 Å². The summed E-state index contributed by atoms with van der Waals surface area (Å²) in [6.45, 7) is 0.687. The second kappa shape index (κ2) is 8.45. The van der Waals surface area contributed by atoms with E-state index in [2.05, 4.69) is 10.1 Å². The van der Waals surface area contributed by atoms with Crippen LogP contribution in [0.25, 0.3) is 0 Å². The number of aryl methyl sites for hydroxylation is 1. The Balaban J connectivity index is 2.20. The average Bonchev–Trinajstić information content (AvgIpc) is 2.38. The van der Waals surface area contributed by atoms with E-state index >= 15 is 0 Å². The normalized spacial score (nSPS) is 11.2. The predicted molar refractivity (Wildman–Crippen MR) is 69.4 cm³/mol. The Morgan fingerprint density at radius 3 is 2.30 bits per heavy atom. The van der Waals surface area contributed by atoms with E-state index in [1.807, 2.05) is 0 Å². The molecule has 0 aromatic heterocycles. The van der Waals surface area contributed by atoms with Crippen LogP contribution in [-0.4, -0.2) is 19.3 Å². The summed E-state index contributed by atoms with van der Waals surface area (Å²) in [6.07, 6.45) is 0.837. The van der Waals surface area contributed by atoms with E-state index in [-0.39, 0.29) is 5.75 Å². The van der Waals surface area contributed by atoms with Crippen LogP contribution >= 0.6 is 0 Å². The van der Waals surface area contributed by atoms with Gasteiger partial charge in [-0.05, 0) is 37.0 Å². The van der Waals surface area contributed by atoms with Crippen molar-refractivity contribution in [2.45, 2.75) is 38.5 Å². The molecule has 1 amide bonds. The van der Waals surface area contributed by atoms with Gasteiger partial charge in [0.05, 0.1) is 0 Å². The van der Waals surface area contributed by atoms with Crippen LogP contribution < -0.4 is 10.1 Å². The van der Waals surface area contributed by atoms with Crippen molar-refractivity contribution < 1.29 is 22.7 Å². The van der Waals surface area contributed by atoms with Crippen molar-refractivity contribution in [3.8, 4) is 5.75 Å². The highest BCUT2D eigenvalue weighted by atomic mass is 19.4. The predicted octanol–water partition coefficient (Wildman–Crippen LogP) is 3.43. The van der Waals surface area contributed by atoms with Crippen LogP contribution in [0.4, 0.5) is 13.2 Å². The molecule has 0 aliphatic carbocycles. The number of rotatable bonds is 9. The van der Waals surface area contributed by atoms with Gasteiger partial charge in [-0.1, -0.05) is 25.0 Å². The molecule has 0 unspecified atom stereocenters. The van der Waals surface area contributed by atoms with Crippen molar-refractivity contribution in [1.29, 1.82) is 0 Å². The maximum Gasteiger partial charge on any atom is 0.573 e. The van der Waals surface area contributed by atoms with Gasteiger partial charge in [0, 0.05) is 6.54 Å². The monoisotopic (exact) mass is 289 g/mol. The number of halogens is 3. The summed E-state index contributed by atoms with van der Waals surface area (Å²) in [5.74, 6) is -0.193. The number of ether oxygens (including phenoxy) is 1. The Kier molecular flexibility index (Phi) is 6.90. The van der Waals surface area contributed by atoms with E-state index in [1.54, 1.807) is 12.1 Å². The van der Waals surface area contributed by atoms with E-state index in [1.165, 1.54) is 12.1 Å². The third-order valence-electron chi connectivity index (χ3n) is 2.78. The average molecular weight is 289 g/mol. The van der Waals surface area contributed by atoms with Crippen LogP contribution in [0.3, 0.4) is 0 Å². The quantitative estimate of drug-likeness (QED) is 0.558. The lowest BCUT2D eigenvalue weighted by molar-refractivity contribution is -0.274. The molecule has 1 aromatic rings. The molecular formula is C14H18F3NO2. The van der Waals surface area contributed by atoms with E-state index in [0.717, 1.165) is 37.7 Å². The molecule has 0 aliphatic heterocycles. The minimum Gasteiger partial charge on any atom is -0.406 e. The zero-order valence-electron chi connectivity index (χ0n) is 11.1. The summed E-state index contributed by atoms with van der Waals surface area (Å²) in [4.78, 5) is 10.0. The first kappa shape index (κ1) is 16.3. The first-order chi connectivity index (χ1) is 9.51. The fourth-order valence-corrected chi connectivity index (χ4v) is 1.83. The highest BCUT2D eigenvalue weighted by molar-refractivity contribution is 5.45. The fraction of sp³-hybridized carbons (Fsp3) is 0.500. The Morgan fingerprint density at radius 1 is 1.05 bits per heavy atom. The Morgan fingerprint density at radius 2 is 1.70 bits per heavy atom. The number of alkyl halides is 3. The molecule has 3 nitrogen and oxygen atoms in total. The molecule has 1 rings (SSSR count). The molecule has 6 heteroatoms. The molecule has 20 heavy (non-hydrogen) atoms. The molecule has 0 heterocycles. The van der Waals surface area contributed by atoms with Crippen molar-refractivity contribution in [3.63, 3.8) is 0 Å². The number of carbonyl (C=O) groups excluding carboxylic acids is 1. The second-order valence-corrected chi connectivity index (χ2v) is 4.43. The van der Waals surface area contributed by atoms with Gasteiger partial charge in [0.2, 0.25) is 6.41 Å². The number of hydrogen-bond acceptors (Lipinski definition) is 2. The summed E-state index contributed by atoms with van der Waals surface area (Å²) in [6, 6.07) is 5.96. The number of benzene rings is 1. The smallest absolute Gasteiger partial charge is 0.406 e. The Bertz CT molecular complexity index is 390. The fourth-order valence-electron chi connectivity index (χ4n) is 1.83. The summed E-state index contributed by atoms with van der Waals surface area (Å²) in [5.41, 5.74) is 0.991. The van der Waals surface area contributed by atoms with E-state index in [4.69, 9.17) is 0 Å². The summed E-state index contributed by atoms with van der Waals surface area (Å²) < 4.78 is 39.7. The zero-order chi connectivity index (χ0) is 14.8. The van der Waals surface area contributed by atoms with E-state index < -0.39 is 6.36 Å². The molecule has 0 atom stereocenters. The lowest BCUT2D eigenvalue weighted by atomic mass is 10.1. The van der Waals surface area contributed by atoms with Gasteiger partial charge in [-0.25, -0.2) is 0 Å². The van der Waals surface area contributed by atoms with Gasteiger partial charge in [0.15, 0.2) is 0 Å². The lowest BCUT2D eigenvalue weighted by Crippen LogP contribution is -2.17. The second-order valence-electron chi connectivity index (χ2n) is 4.43. The molecule has 0 fully saturated rings. The number of carbonyl (C=O) groups is 1. The number of hydrogen-bond donors (Lipinski definition) is 1. The molecule has 112 valence electrons. The number of nitrogens with one attached hydrogen (secondary N) is 1. The van der Waals surface area contributed by atoms with Crippen molar-refractivity contribution in [2.24, 2.45) is 0 Å². The lowest BCUT2D eigenvalue weighted by Gasteiger charge is -2.09. The zero-order valence-corrected chi connectivity index (χ0v) is 11.1. The van der Waals surface area contributed by atoms with Crippen LogP contribution in [0.1, 0.15) is 31.2 Å². The van der Waals surface area contributed by atoms with Gasteiger partial charge < -0.3 is 10.1 Å². The molecule has 1 N–H and O–H groups in total. The van der Waals surface area contributed by atoms with Gasteiger partial charge in [-0.3, -0.25) is 4.79 Å². The molecular weight excluding hydrogens is 271 g/mol. The first-order valence-electron chi connectivity index (χ1n) is 6.53. The number of unbranched alkanes of at least 4 members (excludes halogenated alkanes) is 3. The largest absolute Gasteiger partial charge is 0.573 e. The third-order valence-corrected chi connectivity index (χ3v) is 2.78. The van der Waals surface area contributed by atoms with Crippen molar-refractivity contribution in [1.82, 2.24) is 5.32 Å². The SMILES string of the molecule is O=CNCCCCCCc1ccc(OC(F)(F)F)cc1. The first-order valence-corrected chi connectivity index (χ1v) is 6.53. The van der Waals surface area contributed by atoms with Gasteiger partial charge in [-0.15, -0.1) is 13.2 Å². The van der Waals surface area contributed by atoms with Crippen molar-refractivity contribution >= 4 is 6.41 Å². The minimum atomic E-state index is -4.64. The molecule has 0 saturated heterocycles. The summed E-state index contributed by atoms with van der Waals surface area (Å²) >= 11 is 0. The van der Waals surface area contributed by atoms with Gasteiger partial charge in [0.1, 0.15) is 5.75 Å². The molecule has 0 aliphatic rings. The van der Waals surface area contributed by atoms with Crippen LogP contribution in [0.5, 0.6) is 5.75 Å². The van der Waals surface area contributed by atoms with Crippen LogP contribution in [0.15, 0.2) is 24.3 Å². The maximum atomic E-state index is 12.0. The van der Waals surface area contributed by atoms with E-state index in [0.29, 0.717) is 13.0 Å². The number of amides is 1. The Hall–Kier alpha value is -1.72. The van der Waals surface area contributed by atoms with Crippen LogP contribution in [0, 0.1) is 0 Å². The molecule has 0 saturated carbocycles. The Labute approximate surface area is 116 Å². The van der Waals surface area contributed by atoms with Gasteiger partial charge >= 0.3 is 6.36 Å². The molecule has 0 radical (unpaired) electrons. The molecule has 0 bridgehead atoms.